The van der Waals surface area contributed by atoms with E-state index in [2.05, 4.69) is 0 Å². The SMILES string of the molecule is COc1cccc(/C(O)=C2\C(=O)C(=O)N(c3ccccc3)C2c2cc(Cl)c(O)c(OC)c2)c1. The highest BCUT2D eigenvalue weighted by Gasteiger charge is 2.47. The molecule has 1 saturated heterocycles. The second-order valence-electron chi connectivity index (χ2n) is 7.29. The Bertz CT molecular complexity index is 1270. The molecule has 1 unspecified atom stereocenters. The van der Waals surface area contributed by atoms with E-state index in [1.807, 2.05) is 0 Å². The summed E-state index contributed by atoms with van der Waals surface area (Å²) in [5.41, 5.74) is 1.02. The number of rotatable bonds is 5. The van der Waals surface area contributed by atoms with Gasteiger partial charge in [0.25, 0.3) is 11.7 Å². The number of ketones is 1. The van der Waals surface area contributed by atoms with E-state index in [0.717, 1.165) is 0 Å². The number of halogens is 1. The standard InChI is InChI=1S/C25H20ClNO6/c1-32-17-10-6-7-14(11-17)22(28)20-21(15-12-18(26)23(29)19(13-15)33-2)27(25(31)24(20)30)16-8-4-3-5-9-16/h3-13,21,28-29H,1-2H3/b22-20+. The summed E-state index contributed by atoms with van der Waals surface area (Å²) in [5, 5.41) is 21.3. The minimum absolute atomic E-state index is 0.0237. The lowest BCUT2D eigenvalue weighted by Gasteiger charge is -2.26. The minimum Gasteiger partial charge on any atom is -0.507 e. The van der Waals surface area contributed by atoms with Crippen LogP contribution in [0.1, 0.15) is 17.2 Å². The fourth-order valence-electron chi connectivity index (χ4n) is 3.84. The van der Waals surface area contributed by atoms with E-state index < -0.39 is 17.7 Å². The van der Waals surface area contributed by atoms with Gasteiger partial charge in [-0.25, -0.2) is 0 Å². The Morgan fingerprint density at radius 2 is 1.70 bits per heavy atom. The van der Waals surface area contributed by atoms with Gasteiger partial charge in [-0.05, 0) is 42.0 Å². The molecule has 1 fully saturated rings. The predicted molar refractivity (Wildman–Crippen MR) is 124 cm³/mol. The first-order valence-electron chi connectivity index (χ1n) is 9.94. The summed E-state index contributed by atoms with van der Waals surface area (Å²) < 4.78 is 10.4. The summed E-state index contributed by atoms with van der Waals surface area (Å²) in [6.07, 6.45) is 0. The summed E-state index contributed by atoms with van der Waals surface area (Å²) in [5.74, 6) is -1.75. The molecule has 3 aromatic carbocycles. The zero-order chi connectivity index (χ0) is 23.7. The quantitative estimate of drug-likeness (QED) is 0.322. The maximum atomic E-state index is 13.2. The van der Waals surface area contributed by atoms with Gasteiger partial charge in [0.15, 0.2) is 11.5 Å². The number of carbonyl (C=O) groups excluding carboxylic acids is 2. The first-order chi connectivity index (χ1) is 15.9. The van der Waals surface area contributed by atoms with Gasteiger partial charge in [-0.15, -0.1) is 0 Å². The van der Waals surface area contributed by atoms with Crippen LogP contribution < -0.4 is 14.4 Å². The van der Waals surface area contributed by atoms with E-state index in [4.69, 9.17) is 21.1 Å². The van der Waals surface area contributed by atoms with E-state index in [1.165, 1.54) is 31.3 Å². The van der Waals surface area contributed by atoms with E-state index >= 15 is 0 Å². The fraction of sp³-hybridized carbons (Fsp3) is 0.120. The van der Waals surface area contributed by atoms with Crippen molar-refractivity contribution >= 4 is 34.7 Å². The number of aromatic hydroxyl groups is 1. The van der Waals surface area contributed by atoms with E-state index in [0.29, 0.717) is 22.6 Å². The summed E-state index contributed by atoms with van der Waals surface area (Å²) in [4.78, 5) is 27.6. The molecule has 1 amide bonds. The van der Waals surface area contributed by atoms with Crippen molar-refractivity contribution in [1.29, 1.82) is 0 Å². The maximum Gasteiger partial charge on any atom is 0.300 e. The van der Waals surface area contributed by atoms with E-state index in [-0.39, 0.29) is 27.9 Å². The molecule has 33 heavy (non-hydrogen) atoms. The second-order valence-corrected chi connectivity index (χ2v) is 7.70. The van der Waals surface area contributed by atoms with Crippen LogP contribution in [0.2, 0.25) is 5.02 Å². The first kappa shape index (κ1) is 22.2. The Hall–Kier alpha value is -3.97. The molecule has 1 aliphatic rings. The minimum atomic E-state index is -1.02. The van der Waals surface area contributed by atoms with Crippen molar-refractivity contribution in [2.24, 2.45) is 0 Å². The Kier molecular flexibility index (Phi) is 5.98. The van der Waals surface area contributed by atoms with Gasteiger partial charge in [-0.1, -0.05) is 41.9 Å². The van der Waals surface area contributed by atoms with Gasteiger partial charge in [0.1, 0.15) is 11.5 Å². The Labute approximate surface area is 195 Å². The molecule has 1 heterocycles. The van der Waals surface area contributed by atoms with Crippen LogP contribution >= 0.6 is 11.6 Å². The predicted octanol–water partition coefficient (Wildman–Crippen LogP) is 4.69. The van der Waals surface area contributed by atoms with Crippen molar-refractivity contribution < 1.29 is 29.3 Å². The van der Waals surface area contributed by atoms with Crippen molar-refractivity contribution in [1.82, 2.24) is 0 Å². The number of ether oxygens (including phenoxy) is 2. The number of carbonyl (C=O) groups is 2. The van der Waals surface area contributed by atoms with Crippen LogP contribution in [-0.4, -0.2) is 36.1 Å². The highest BCUT2D eigenvalue weighted by molar-refractivity contribution is 6.51. The molecule has 0 bridgehead atoms. The maximum absolute atomic E-state index is 13.2. The van der Waals surface area contributed by atoms with Gasteiger partial charge in [0.05, 0.1) is 30.9 Å². The third kappa shape index (κ3) is 3.87. The molecule has 0 saturated carbocycles. The van der Waals surface area contributed by atoms with Crippen molar-refractivity contribution in [3.8, 4) is 17.2 Å². The number of phenolic OH excluding ortho intramolecular Hbond substituents is 1. The number of hydrogen-bond acceptors (Lipinski definition) is 6. The largest absolute Gasteiger partial charge is 0.507 e. The highest BCUT2D eigenvalue weighted by atomic mass is 35.5. The second kappa shape index (κ2) is 8.88. The molecule has 3 aromatic rings. The van der Waals surface area contributed by atoms with Gasteiger partial charge >= 0.3 is 0 Å². The number of nitrogens with zero attached hydrogens (tertiary/aromatic N) is 1. The lowest BCUT2D eigenvalue weighted by molar-refractivity contribution is -0.132. The fourth-order valence-corrected chi connectivity index (χ4v) is 4.06. The zero-order valence-corrected chi connectivity index (χ0v) is 18.5. The summed E-state index contributed by atoms with van der Waals surface area (Å²) in [6.45, 7) is 0. The van der Waals surface area contributed by atoms with Gasteiger partial charge in [0.2, 0.25) is 0 Å². The topological polar surface area (TPSA) is 96.3 Å². The third-order valence-electron chi connectivity index (χ3n) is 5.41. The van der Waals surface area contributed by atoms with Crippen LogP contribution in [0.25, 0.3) is 5.76 Å². The van der Waals surface area contributed by atoms with Crippen LogP contribution in [0.5, 0.6) is 17.2 Å². The molecule has 1 aliphatic heterocycles. The number of amides is 1. The number of anilines is 1. The monoisotopic (exact) mass is 465 g/mol. The summed E-state index contributed by atoms with van der Waals surface area (Å²) in [6, 6.07) is 17.0. The molecule has 1 atom stereocenters. The van der Waals surface area contributed by atoms with Crippen molar-refractivity contribution in [2.45, 2.75) is 6.04 Å². The lowest BCUT2D eigenvalue weighted by atomic mass is 9.94. The van der Waals surface area contributed by atoms with Gasteiger partial charge in [-0.2, -0.15) is 0 Å². The van der Waals surface area contributed by atoms with Crippen LogP contribution in [0.3, 0.4) is 0 Å². The molecule has 0 radical (unpaired) electrons. The lowest BCUT2D eigenvalue weighted by Crippen LogP contribution is -2.29. The first-order valence-corrected chi connectivity index (χ1v) is 10.3. The molecule has 0 aromatic heterocycles. The molecule has 0 spiro atoms. The van der Waals surface area contributed by atoms with E-state index in [9.17, 15) is 19.8 Å². The molecular weight excluding hydrogens is 446 g/mol. The van der Waals surface area contributed by atoms with Crippen molar-refractivity contribution in [3.63, 3.8) is 0 Å². The number of aliphatic hydroxyl groups is 1. The van der Waals surface area contributed by atoms with Crippen LogP contribution in [0, 0.1) is 0 Å². The van der Waals surface area contributed by atoms with Gasteiger partial charge in [0, 0.05) is 11.3 Å². The molecule has 8 heteroatoms. The molecular formula is C25H20ClNO6. The molecule has 2 N–H and O–H groups in total. The van der Waals surface area contributed by atoms with Crippen molar-refractivity contribution in [2.75, 3.05) is 19.1 Å². The molecule has 0 aliphatic carbocycles. The summed E-state index contributed by atoms with van der Waals surface area (Å²) in [7, 11) is 2.85. The van der Waals surface area contributed by atoms with Gasteiger partial charge < -0.3 is 19.7 Å². The smallest absolute Gasteiger partial charge is 0.300 e. The zero-order valence-electron chi connectivity index (χ0n) is 17.8. The Balaban J connectivity index is 2.00. The number of hydrogen-bond donors (Lipinski definition) is 2. The van der Waals surface area contributed by atoms with Crippen LogP contribution in [0.15, 0.2) is 72.3 Å². The number of para-hydroxylation sites is 1. The molecule has 7 nitrogen and oxygen atoms in total. The third-order valence-corrected chi connectivity index (χ3v) is 5.70. The highest BCUT2D eigenvalue weighted by Crippen LogP contribution is 2.46. The number of aliphatic hydroxyl groups excluding tert-OH is 1. The normalized spacial score (nSPS) is 17.3. The van der Waals surface area contributed by atoms with Crippen LogP contribution in [-0.2, 0) is 9.59 Å². The van der Waals surface area contributed by atoms with Gasteiger partial charge in [-0.3, -0.25) is 14.5 Å². The Morgan fingerprint density at radius 3 is 2.36 bits per heavy atom. The number of phenols is 1. The number of benzene rings is 3. The Morgan fingerprint density at radius 1 is 0.970 bits per heavy atom. The molecule has 4 rings (SSSR count). The summed E-state index contributed by atoms with van der Waals surface area (Å²) >= 11 is 6.21. The van der Waals surface area contributed by atoms with Crippen molar-refractivity contribution in [3.05, 3.63) is 88.5 Å². The average molecular weight is 466 g/mol. The number of methoxy groups -OCH3 is 2. The molecule has 168 valence electrons. The van der Waals surface area contributed by atoms with E-state index in [1.54, 1.807) is 54.6 Å². The number of Topliss-reactive ketones (excluding diaryl/α,β-unsaturated/α-hetero) is 1. The van der Waals surface area contributed by atoms with Crippen LogP contribution in [0.4, 0.5) is 5.69 Å². The average Bonchev–Trinajstić information content (AvgIpc) is 3.11.